The third-order valence-electron chi connectivity index (χ3n) is 4.19. The minimum Gasteiger partial charge on any atom is -0.475 e. The van der Waals surface area contributed by atoms with Gasteiger partial charge in [-0.2, -0.15) is 0 Å². The summed E-state index contributed by atoms with van der Waals surface area (Å²) >= 11 is 0. The molecule has 0 fully saturated rings. The van der Waals surface area contributed by atoms with E-state index in [0.29, 0.717) is 6.42 Å². The number of hydrogen-bond donors (Lipinski definition) is 0. The van der Waals surface area contributed by atoms with Crippen molar-refractivity contribution < 1.29 is 24.0 Å². The van der Waals surface area contributed by atoms with Crippen LogP contribution in [0, 0.1) is 10.1 Å². The topological polar surface area (TPSA) is 112 Å². The first kappa shape index (κ1) is 19.3. The largest absolute Gasteiger partial charge is 0.475 e. The van der Waals surface area contributed by atoms with Crippen LogP contribution in [0.1, 0.15) is 18.9 Å². The van der Waals surface area contributed by atoms with E-state index < -0.39 is 28.7 Å². The van der Waals surface area contributed by atoms with Gasteiger partial charge in [0.15, 0.2) is 11.9 Å². The average Bonchev–Trinajstić information content (AvgIpc) is 2.69. The highest BCUT2D eigenvalue weighted by Gasteiger charge is 2.38. The lowest BCUT2D eigenvalue weighted by atomic mass is 10.1. The molecule has 2 aromatic rings. The summed E-state index contributed by atoms with van der Waals surface area (Å²) < 4.78 is 10.6. The van der Waals surface area contributed by atoms with Crippen molar-refractivity contribution in [3.8, 4) is 5.75 Å². The molecule has 0 radical (unpaired) electrons. The SMILES string of the molecule is CC1Oc2ccc([N+](=O)[O-])nc2N(CC(=O)OCCCc2ccccc2)C1=O. The fourth-order valence-electron chi connectivity index (χ4n) is 2.81. The molecule has 9 nitrogen and oxygen atoms in total. The van der Waals surface area contributed by atoms with Crippen molar-refractivity contribution in [3.05, 3.63) is 58.1 Å². The minimum atomic E-state index is -0.832. The Kier molecular flexibility index (Phi) is 5.83. The van der Waals surface area contributed by atoms with Crippen LogP contribution in [0.2, 0.25) is 0 Å². The molecule has 0 aliphatic carbocycles. The maximum atomic E-state index is 12.4. The summed E-state index contributed by atoms with van der Waals surface area (Å²) in [5.74, 6) is -1.42. The normalized spacial score (nSPS) is 15.5. The van der Waals surface area contributed by atoms with Gasteiger partial charge in [-0.25, -0.2) is 0 Å². The number of carbonyl (C=O) groups excluding carboxylic acids is 2. The van der Waals surface area contributed by atoms with Crippen LogP contribution in [-0.4, -0.2) is 41.0 Å². The number of amides is 1. The highest BCUT2D eigenvalue weighted by atomic mass is 16.6. The summed E-state index contributed by atoms with van der Waals surface area (Å²) in [4.78, 5) is 39.8. The van der Waals surface area contributed by atoms with Gasteiger partial charge in [0.1, 0.15) is 6.54 Å². The molecule has 3 rings (SSSR count). The number of pyridine rings is 1. The molecular formula is C19H19N3O6. The Balaban J connectivity index is 1.62. The summed E-state index contributed by atoms with van der Waals surface area (Å²) in [7, 11) is 0. The third kappa shape index (κ3) is 4.43. The number of nitrogens with zero attached hydrogens (tertiary/aromatic N) is 3. The van der Waals surface area contributed by atoms with Gasteiger partial charge in [-0.1, -0.05) is 30.3 Å². The molecule has 146 valence electrons. The molecule has 0 N–H and O–H groups in total. The van der Waals surface area contributed by atoms with E-state index >= 15 is 0 Å². The number of fused-ring (bicyclic) bond motifs is 1. The zero-order chi connectivity index (χ0) is 20.1. The van der Waals surface area contributed by atoms with Gasteiger partial charge >= 0.3 is 11.8 Å². The van der Waals surface area contributed by atoms with Crippen LogP contribution in [0.4, 0.5) is 11.6 Å². The third-order valence-corrected chi connectivity index (χ3v) is 4.19. The van der Waals surface area contributed by atoms with Crippen LogP contribution in [0.3, 0.4) is 0 Å². The maximum Gasteiger partial charge on any atom is 0.366 e. The van der Waals surface area contributed by atoms with E-state index in [1.165, 1.54) is 19.1 Å². The number of aromatic nitrogens is 1. The van der Waals surface area contributed by atoms with Crippen molar-refractivity contribution in [3.63, 3.8) is 0 Å². The molecule has 1 amide bonds. The summed E-state index contributed by atoms with van der Waals surface area (Å²) in [6.07, 6.45) is 0.573. The van der Waals surface area contributed by atoms with Crippen molar-refractivity contribution >= 4 is 23.5 Å². The van der Waals surface area contributed by atoms with Crippen molar-refractivity contribution in [2.24, 2.45) is 0 Å². The van der Waals surface area contributed by atoms with E-state index in [0.717, 1.165) is 16.9 Å². The molecule has 0 saturated carbocycles. The smallest absolute Gasteiger partial charge is 0.366 e. The van der Waals surface area contributed by atoms with Gasteiger partial charge in [-0.15, -0.1) is 0 Å². The number of benzene rings is 1. The standard InChI is InChI=1S/C19H19N3O6/c1-13-19(24)21(18-15(28-13)9-10-16(20-18)22(25)26)12-17(23)27-11-5-8-14-6-3-2-4-7-14/h2-4,6-7,9-10,13H,5,8,11-12H2,1H3. The molecule has 0 saturated heterocycles. The van der Waals surface area contributed by atoms with Crippen molar-refractivity contribution in [1.29, 1.82) is 0 Å². The Hall–Kier alpha value is -3.49. The van der Waals surface area contributed by atoms with E-state index in [4.69, 9.17) is 9.47 Å². The quantitative estimate of drug-likeness (QED) is 0.311. The Bertz CT molecular complexity index is 886. The van der Waals surface area contributed by atoms with Crippen molar-refractivity contribution in [1.82, 2.24) is 4.98 Å². The Morgan fingerprint density at radius 1 is 1.29 bits per heavy atom. The maximum absolute atomic E-state index is 12.4. The van der Waals surface area contributed by atoms with Crippen LogP contribution < -0.4 is 9.64 Å². The number of esters is 1. The second-order valence-corrected chi connectivity index (χ2v) is 6.24. The predicted octanol–water partition coefficient (Wildman–Crippen LogP) is 2.28. The molecule has 0 bridgehead atoms. The molecule has 1 aliphatic rings. The van der Waals surface area contributed by atoms with Gasteiger partial charge < -0.3 is 19.6 Å². The molecule has 2 heterocycles. The number of carbonyl (C=O) groups is 2. The molecule has 1 atom stereocenters. The number of rotatable bonds is 7. The lowest BCUT2D eigenvalue weighted by molar-refractivity contribution is -0.389. The number of ether oxygens (including phenoxy) is 2. The van der Waals surface area contributed by atoms with E-state index in [1.807, 2.05) is 30.3 Å². The predicted molar refractivity (Wildman–Crippen MR) is 99.1 cm³/mol. The number of aryl methyl sites for hydroxylation is 1. The number of hydrogen-bond acceptors (Lipinski definition) is 7. The van der Waals surface area contributed by atoms with Crippen LogP contribution >= 0.6 is 0 Å². The Labute approximate surface area is 161 Å². The van der Waals surface area contributed by atoms with Crippen molar-refractivity contribution in [2.45, 2.75) is 25.9 Å². The lowest BCUT2D eigenvalue weighted by Crippen LogP contribution is -2.47. The summed E-state index contributed by atoms with van der Waals surface area (Å²) in [5, 5.41) is 11.0. The first-order valence-corrected chi connectivity index (χ1v) is 8.78. The van der Waals surface area contributed by atoms with Gasteiger partial charge in [0, 0.05) is 6.07 Å². The van der Waals surface area contributed by atoms with E-state index in [1.54, 1.807) is 0 Å². The molecule has 28 heavy (non-hydrogen) atoms. The van der Waals surface area contributed by atoms with Gasteiger partial charge in [0.2, 0.25) is 0 Å². The van der Waals surface area contributed by atoms with Gasteiger partial charge in [-0.3, -0.25) is 14.5 Å². The second kappa shape index (κ2) is 8.47. The molecule has 1 aromatic heterocycles. The minimum absolute atomic E-state index is 0.0569. The van der Waals surface area contributed by atoms with Gasteiger partial charge in [0.25, 0.3) is 11.7 Å². The summed E-state index contributed by atoms with van der Waals surface area (Å²) in [6.45, 7) is 1.35. The number of nitro groups is 1. The molecule has 0 spiro atoms. The fraction of sp³-hybridized carbons (Fsp3) is 0.316. The van der Waals surface area contributed by atoms with Crippen molar-refractivity contribution in [2.75, 3.05) is 18.1 Å². The van der Waals surface area contributed by atoms with E-state index in [-0.39, 0.29) is 24.7 Å². The Morgan fingerprint density at radius 3 is 2.75 bits per heavy atom. The second-order valence-electron chi connectivity index (χ2n) is 6.24. The summed E-state index contributed by atoms with van der Waals surface area (Å²) in [5.41, 5.74) is 1.14. The lowest BCUT2D eigenvalue weighted by Gasteiger charge is -2.28. The zero-order valence-electron chi connectivity index (χ0n) is 15.2. The van der Waals surface area contributed by atoms with E-state index in [9.17, 15) is 19.7 Å². The van der Waals surface area contributed by atoms with Crippen LogP contribution in [0.5, 0.6) is 5.75 Å². The first-order valence-electron chi connectivity index (χ1n) is 8.78. The van der Waals surface area contributed by atoms with Crippen LogP contribution in [0.15, 0.2) is 42.5 Å². The molecule has 1 unspecified atom stereocenters. The first-order chi connectivity index (χ1) is 13.5. The van der Waals surface area contributed by atoms with Gasteiger partial charge in [-0.05, 0) is 41.3 Å². The average molecular weight is 385 g/mol. The Morgan fingerprint density at radius 2 is 2.04 bits per heavy atom. The fourth-order valence-corrected chi connectivity index (χ4v) is 2.81. The zero-order valence-corrected chi connectivity index (χ0v) is 15.2. The molecule has 1 aromatic carbocycles. The van der Waals surface area contributed by atoms with Gasteiger partial charge in [0.05, 0.1) is 6.61 Å². The van der Waals surface area contributed by atoms with Crippen LogP contribution in [0.25, 0.3) is 0 Å². The highest BCUT2D eigenvalue weighted by molar-refractivity contribution is 6.02. The monoisotopic (exact) mass is 385 g/mol. The summed E-state index contributed by atoms with van der Waals surface area (Å²) in [6, 6.07) is 12.3. The molecule has 1 aliphatic heterocycles. The number of anilines is 1. The van der Waals surface area contributed by atoms with Crippen LogP contribution in [-0.2, 0) is 20.7 Å². The van der Waals surface area contributed by atoms with E-state index in [2.05, 4.69) is 4.98 Å². The highest BCUT2D eigenvalue weighted by Crippen LogP contribution is 2.33. The molecular weight excluding hydrogens is 366 g/mol. The molecule has 9 heteroatoms.